The third kappa shape index (κ3) is 3.83. The van der Waals surface area contributed by atoms with Crippen LogP contribution in [-0.4, -0.2) is 27.1 Å². The Labute approximate surface area is 183 Å². The molecule has 3 atom stereocenters. The molecule has 162 valence electrons. The Morgan fingerprint density at radius 2 is 2.03 bits per heavy atom. The van der Waals surface area contributed by atoms with Gasteiger partial charge in [-0.15, -0.1) is 0 Å². The summed E-state index contributed by atoms with van der Waals surface area (Å²) >= 11 is 0. The minimum absolute atomic E-state index is 0.0288. The van der Waals surface area contributed by atoms with E-state index in [1.165, 1.54) is 12.4 Å². The van der Waals surface area contributed by atoms with Gasteiger partial charge in [0.15, 0.2) is 5.82 Å². The fourth-order valence-corrected chi connectivity index (χ4v) is 4.12. The van der Waals surface area contributed by atoms with E-state index in [-0.39, 0.29) is 46.1 Å². The minimum Gasteiger partial charge on any atom is -0.465 e. The van der Waals surface area contributed by atoms with E-state index in [1.807, 2.05) is 6.92 Å². The number of nitrogens with one attached hydrogen (secondary N) is 2. The number of rotatable bonds is 5. The lowest BCUT2D eigenvalue weighted by atomic mass is 9.98. The number of fused-ring (bicyclic) bond motifs is 1. The number of carbonyl (C=O) groups excluding carboxylic acids is 1. The van der Waals surface area contributed by atoms with Crippen LogP contribution < -0.4 is 10.6 Å². The number of aryl methyl sites for hydroxylation is 1. The van der Waals surface area contributed by atoms with Crippen molar-refractivity contribution in [1.29, 1.82) is 5.26 Å². The zero-order chi connectivity index (χ0) is 23.0. The highest BCUT2D eigenvalue weighted by atomic mass is 19.1. The summed E-state index contributed by atoms with van der Waals surface area (Å²) in [6.45, 7) is 3.73. The first-order valence-electron chi connectivity index (χ1n) is 10.0. The quantitative estimate of drug-likeness (QED) is 0.541. The number of nitrogens with zero attached hydrogens (tertiary/aromatic N) is 3. The summed E-state index contributed by atoms with van der Waals surface area (Å²) in [5.41, 5.74) is 1.26. The number of benzene rings is 1. The summed E-state index contributed by atoms with van der Waals surface area (Å²) in [7, 11) is 0. The predicted octanol–water partition coefficient (Wildman–Crippen LogP) is 4.57. The zero-order valence-corrected chi connectivity index (χ0v) is 17.4. The van der Waals surface area contributed by atoms with Crippen LogP contribution in [0.5, 0.6) is 0 Å². The molecular formula is C23H20FN5O3. The Hall–Kier alpha value is -4.06. The average Bonchev–Trinajstić information content (AvgIpc) is 3.39. The van der Waals surface area contributed by atoms with Gasteiger partial charge in [-0.25, -0.2) is 14.2 Å². The van der Waals surface area contributed by atoms with E-state index in [0.717, 1.165) is 5.56 Å². The van der Waals surface area contributed by atoms with Gasteiger partial charge in [-0.05, 0) is 47.9 Å². The molecule has 0 aliphatic heterocycles. The van der Waals surface area contributed by atoms with Gasteiger partial charge in [-0.1, -0.05) is 6.92 Å². The molecule has 8 nitrogen and oxygen atoms in total. The molecule has 0 bridgehead atoms. The number of carboxylic acid groups (broad SMARTS) is 1. The Morgan fingerprint density at radius 3 is 2.72 bits per heavy atom. The normalized spacial score (nSPS) is 19.2. The van der Waals surface area contributed by atoms with E-state index in [4.69, 9.17) is 5.26 Å². The van der Waals surface area contributed by atoms with E-state index in [9.17, 15) is 14.7 Å². The fourth-order valence-electron chi connectivity index (χ4n) is 4.12. The molecule has 1 saturated carbocycles. The Balaban J connectivity index is 1.76. The highest BCUT2D eigenvalue weighted by Gasteiger charge is 2.51. The van der Waals surface area contributed by atoms with Crippen molar-refractivity contribution < 1.29 is 19.1 Å². The highest BCUT2D eigenvalue weighted by molar-refractivity contribution is 6.04. The number of hydrogen-bond donors (Lipinski definition) is 3. The molecule has 2 amide bonds. The number of carbonyl (C=O) groups is 2. The number of nitriles is 1. The molecule has 0 saturated heterocycles. The van der Waals surface area contributed by atoms with Crippen molar-refractivity contribution in [2.75, 3.05) is 10.6 Å². The summed E-state index contributed by atoms with van der Waals surface area (Å²) in [5, 5.41) is 23.7. The smallest absolute Gasteiger partial charge is 0.409 e. The van der Waals surface area contributed by atoms with Gasteiger partial charge in [0.05, 0.1) is 11.8 Å². The number of halogens is 1. The first-order chi connectivity index (χ1) is 15.3. The topological polar surface area (TPSA) is 128 Å². The largest absolute Gasteiger partial charge is 0.465 e. The van der Waals surface area contributed by atoms with Gasteiger partial charge in [0.2, 0.25) is 5.91 Å². The Bertz CT molecular complexity index is 1290. The lowest BCUT2D eigenvalue weighted by molar-refractivity contribution is -0.117. The molecule has 1 aromatic carbocycles. The van der Waals surface area contributed by atoms with Crippen LogP contribution >= 0.6 is 0 Å². The molecule has 1 aliphatic rings. The van der Waals surface area contributed by atoms with Gasteiger partial charge in [-0.3, -0.25) is 15.1 Å². The third-order valence-electron chi connectivity index (χ3n) is 5.97. The molecule has 3 unspecified atom stereocenters. The third-order valence-corrected chi connectivity index (χ3v) is 5.97. The second kappa shape index (κ2) is 8.23. The van der Waals surface area contributed by atoms with Gasteiger partial charge in [0.1, 0.15) is 5.82 Å². The van der Waals surface area contributed by atoms with Crippen LogP contribution in [0.4, 0.5) is 20.7 Å². The highest BCUT2D eigenvalue weighted by Crippen LogP contribution is 2.48. The first-order valence-corrected chi connectivity index (χ1v) is 10.0. The van der Waals surface area contributed by atoms with E-state index in [1.54, 1.807) is 31.3 Å². The maximum absolute atomic E-state index is 15.3. The van der Waals surface area contributed by atoms with Crippen molar-refractivity contribution in [3.63, 3.8) is 0 Å². The average molecular weight is 433 g/mol. The van der Waals surface area contributed by atoms with E-state index < -0.39 is 11.9 Å². The van der Waals surface area contributed by atoms with E-state index >= 15 is 4.39 Å². The van der Waals surface area contributed by atoms with Crippen LogP contribution in [-0.2, 0) is 4.79 Å². The van der Waals surface area contributed by atoms with Crippen molar-refractivity contribution in [2.24, 2.45) is 17.8 Å². The van der Waals surface area contributed by atoms with Gasteiger partial charge in [0.25, 0.3) is 0 Å². The van der Waals surface area contributed by atoms with Crippen LogP contribution in [0.3, 0.4) is 0 Å². The maximum atomic E-state index is 15.3. The molecule has 3 N–H and O–H groups in total. The summed E-state index contributed by atoms with van der Waals surface area (Å²) in [6, 6.07) is 6.98. The van der Waals surface area contributed by atoms with Crippen LogP contribution in [0, 0.1) is 41.8 Å². The molecule has 1 aliphatic carbocycles. The fraction of sp³-hybridized carbons (Fsp3) is 0.261. The van der Waals surface area contributed by atoms with Crippen LogP contribution in [0.25, 0.3) is 21.9 Å². The summed E-state index contributed by atoms with van der Waals surface area (Å²) in [4.78, 5) is 32.1. The molecule has 0 spiro atoms. The van der Waals surface area contributed by atoms with Gasteiger partial charge >= 0.3 is 6.09 Å². The number of amides is 2. The zero-order valence-electron chi connectivity index (χ0n) is 17.4. The van der Waals surface area contributed by atoms with Crippen molar-refractivity contribution in [3.8, 4) is 17.2 Å². The van der Waals surface area contributed by atoms with E-state index in [2.05, 4.69) is 26.7 Å². The SMILES string of the molecule is Cc1ccncc1-c1cc2cc(NC(=O)C3C(C)C3CC#N)ncc2c(NC(=O)O)c1F. The molecule has 32 heavy (non-hydrogen) atoms. The molecule has 1 fully saturated rings. The molecule has 3 aromatic rings. The second-order valence-electron chi connectivity index (χ2n) is 7.92. The van der Waals surface area contributed by atoms with Crippen LogP contribution in [0.1, 0.15) is 18.9 Å². The molecular weight excluding hydrogens is 413 g/mol. The minimum atomic E-state index is -1.41. The number of pyridine rings is 2. The number of hydrogen-bond acceptors (Lipinski definition) is 5. The Kier molecular flexibility index (Phi) is 5.45. The Morgan fingerprint density at radius 1 is 1.25 bits per heavy atom. The summed E-state index contributed by atoms with van der Waals surface area (Å²) in [5.74, 6) is -0.797. The summed E-state index contributed by atoms with van der Waals surface area (Å²) in [6.07, 6.45) is 3.33. The van der Waals surface area contributed by atoms with Gasteiger partial charge in [0, 0.05) is 47.4 Å². The van der Waals surface area contributed by atoms with Gasteiger partial charge in [-0.2, -0.15) is 5.26 Å². The molecule has 0 radical (unpaired) electrons. The lowest BCUT2D eigenvalue weighted by Crippen LogP contribution is -2.16. The van der Waals surface area contributed by atoms with Crippen molar-refractivity contribution in [1.82, 2.24) is 9.97 Å². The predicted molar refractivity (Wildman–Crippen MR) is 116 cm³/mol. The second-order valence-corrected chi connectivity index (χ2v) is 7.92. The monoisotopic (exact) mass is 433 g/mol. The van der Waals surface area contributed by atoms with Crippen molar-refractivity contribution >= 4 is 34.3 Å². The standard InChI is InChI=1S/C23H20FN5O3/c1-11-4-6-26-9-16(11)15-7-13-8-18(28-22(30)19-12(2)14(19)3-5-25)27-10-17(13)21(20(15)24)29-23(31)32/h4,6-10,12,14,19,29H,3H2,1-2H3,(H,31,32)(H,27,28,30). The summed E-state index contributed by atoms with van der Waals surface area (Å²) < 4.78 is 15.3. The molecule has 9 heteroatoms. The molecule has 4 rings (SSSR count). The maximum Gasteiger partial charge on any atom is 0.409 e. The number of anilines is 2. The lowest BCUT2D eigenvalue weighted by Gasteiger charge is -2.14. The van der Waals surface area contributed by atoms with E-state index in [0.29, 0.717) is 17.4 Å². The van der Waals surface area contributed by atoms with Crippen molar-refractivity contribution in [2.45, 2.75) is 20.3 Å². The number of aromatic nitrogens is 2. The van der Waals surface area contributed by atoms with Crippen LogP contribution in [0.15, 0.2) is 36.8 Å². The van der Waals surface area contributed by atoms with Gasteiger partial charge < -0.3 is 10.4 Å². The van der Waals surface area contributed by atoms with Crippen molar-refractivity contribution in [3.05, 3.63) is 48.2 Å². The molecule has 2 heterocycles. The molecule has 2 aromatic heterocycles. The van der Waals surface area contributed by atoms with Crippen LogP contribution in [0.2, 0.25) is 0 Å². The first kappa shape index (κ1) is 21.2.